The second-order valence-electron chi connectivity index (χ2n) is 6.19. The molecule has 0 saturated carbocycles. The summed E-state index contributed by atoms with van der Waals surface area (Å²) in [6, 6.07) is 10.3. The number of furan rings is 1. The highest BCUT2D eigenvalue weighted by Crippen LogP contribution is 2.42. The molecule has 0 spiro atoms. The van der Waals surface area contributed by atoms with Gasteiger partial charge in [-0.3, -0.25) is 9.59 Å². The summed E-state index contributed by atoms with van der Waals surface area (Å²) >= 11 is 7.27. The number of rotatable bonds is 5. The van der Waals surface area contributed by atoms with Crippen LogP contribution in [0.4, 0.5) is 0 Å². The van der Waals surface area contributed by atoms with Crippen molar-refractivity contribution in [1.29, 1.82) is 0 Å². The van der Waals surface area contributed by atoms with Crippen molar-refractivity contribution in [3.8, 4) is 5.75 Å². The Morgan fingerprint density at radius 3 is 2.68 bits per heavy atom. The van der Waals surface area contributed by atoms with E-state index >= 15 is 0 Å². The number of nitrogens with zero attached hydrogens (tertiary/aromatic N) is 1. The number of aromatic hydroxyl groups is 1. The highest BCUT2D eigenvalue weighted by Gasteiger charge is 2.44. The predicted octanol–water partition coefficient (Wildman–Crippen LogP) is 4.48. The van der Waals surface area contributed by atoms with E-state index in [1.807, 2.05) is 0 Å². The monoisotopic (exact) mass is 415 g/mol. The highest BCUT2D eigenvalue weighted by molar-refractivity contribution is 7.12. The topological polar surface area (TPSA) is 91.0 Å². The minimum Gasteiger partial charge on any atom is -0.506 e. The molecule has 28 heavy (non-hydrogen) atoms. The lowest BCUT2D eigenvalue weighted by Crippen LogP contribution is -2.30. The number of ketones is 1. The van der Waals surface area contributed by atoms with E-state index in [0.717, 1.165) is 0 Å². The number of carbonyl (C=O) groups is 2. The second-order valence-corrected chi connectivity index (χ2v) is 7.55. The fraction of sp³-hybridized carbons (Fsp3) is 0.100. The molecule has 1 aliphatic heterocycles. The molecule has 1 aliphatic rings. The molecular weight excluding hydrogens is 402 g/mol. The summed E-state index contributed by atoms with van der Waals surface area (Å²) in [6.07, 6.45) is 1.48. The molecule has 1 amide bonds. The Kier molecular flexibility index (Phi) is 4.70. The first kappa shape index (κ1) is 18.3. The van der Waals surface area contributed by atoms with Gasteiger partial charge in [0.15, 0.2) is 5.76 Å². The Bertz CT molecular complexity index is 1070. The van der Waals surface area contributed by atoms with Gasteiger partial charge in [-0.15, -0.1) is 11.3 Å². The largest absolute Gasteiger partial charge is 0.506 e. The van der Waals surface area contributed by atoms with Crippen LogP contribution >= 0.6 is 22.9 Å². The van der Waals surface area contributed by atoms with Crippen molar-refractivity contribution < 1.29 is 24.2 Å². The van der Waals surface area contributed by atoms with Crippen LogP contribution in [-0.4, -0.2) is 26.8 Å². The lowest BCUT2D eigenvalue weighted by atomic mass is 9.95. The maximum Gasteiger partial charge on any atom is 0.290 e. The zero-order chi connectivity index (χ0) is 19.8. The van der Waals surface area contributed by atoms with Crippen LogP contribution in [0.15, 0.2) is 69.9 Å². The van der Waals surface area contributed by atoms with E-state index in [2.05, 4.69) is 0 Å². The van der Waals surface area contributed by atoms with E-state index in [1.165, 1.54) is 34.6 Å². The Hall–Kier alpha value is -3.03. The molecule has 0 fully saturated rings. The van der Waals surface area contributed by atoms with E-state index in [1.54, 1.807) is 35.7 Å². The van der Waals surface area contributed by atoms with Gasteiger partial charge in [-0.1, -0.05) is 23.7 Å². The Morgan fingerprint density at radius 2 is 2.04 bits per heavy atom. The van der Waals surface area contributed by atoms with Crippen molar-refractivity contribution >= 4 is 34.6 Å². The van der Waals surface area contributed by atoms with Gasteiger partial charge >= 0.3 is 0 Å². The third-order valence-corrected chi connectivity index (χ3v) is 5.66. The lowest BCUT2D eigenvalue weighted by molar-refractivity contribution is -0.130. The molecule has 0 bridgehead atoms. The van der Waals surface area contributed by atoms with Crippen LogP contribution in [0.2, 0.25) is 5.02 Å². The van der Waals surface area contributed by atoms with Gasteiger partial charge in [-0.25, -0.2) is 0 Å². The first-order valence-corrected chi connectivity index (χ1v) is 9.56. The molecule has 1 atom stereocenters. The average Bonchev–Trinajstić information content (AvgIpc) is 3.42. The van der Waals surface area contributed by atoms with E-state index in [9.17, 15) is 19.8 Å². The molecule has 0 aliphatic carbocycles. The van der Waals surface area contributed by atoms with Crippen LogP contribution < -0.4 is 0 Å². The molecule has 0 radical (unpaired) electrons. The minimum atomic E-state index is -0.870. The quantitative estimate of drug-likeness (QED) is 0.599. The van der Waals surface area contributed by atoms with Crippen molar-refractivity contribution in [3.05, 3.63) is 86.7 Å². The van der Waals surface area contributed by atoms with Gasteiger partial charge in [-0.2, -0.15) is 0 Å². The van der Waals surface area contributed by atoms with E-state index in [-0.39, 0.29) is 22.9 Å². The van der Waals surface area contributed by atoms with Crippen molar-refractivity contribution in [1.82, 2.24) is 4.90 Å². The van der Waals surface area contributed by atoms with Gasteiger partial charge in [0, 0.05) is 0 Å². The smallest absolute Gasteiger partial charge is 0.290 e. The number of phenols is 1. The van der Waals surface area contributed by atoms with Crippen LogP contribution in [0.5, 0.6) is 5.75 Å². The number of hydrogen-bond donors (Lipinski definition) is 2. The molecule has 2 N–H and O–H groups in total. The standard InChI is InChI=1S/C20H14ClNO5S/c21-13-9-11(5-6-14(13)23)17-16(18(24)15-4-2-8-28-15)19(25)20(26)22(17)10-12-3-1-7-27-12/h1-9,17,23,25H,10H2. The predicted molar refractivity (Wildman–Crippen MR) is 103 cm³/mol. The van der Waals surface area contributed by atoms with Crippen molar-refractivity contribution in [2.45, 2.75) is 12.6 Å². The maximum atomic E-state index is 13.1. The molecule has 0 saturated heterocycles. The molecule has 2 aromatic heterocycles. The summed E-state index contributed by atoms with van der Waals surface area (Å²) in [5.74, 6) is -1.32. The first-order chi connectivity index (χ1) is 13.5. The number of aliphatic hydroxyl groups excluding tert-OH is 1. The number of Topliss-reactive ketones (excluding diaryl/α,β-unsaturated/α-hetero) is 1. The summed E-state index contributed by atoms with van der Waals surface area (Å²) in [5.41, 5.74) is 0.465. The number of phenolic OH excluding ortho intramolecular Hbond substituents is 1. The molecule has 3 aromatic rings. The van der Waals surface area contributed by atoms with E-state index in [0.29, 0.717) is 16.2 Å². The number of hydrogen-bond acceptors (Lipinski definition) is 6. The van der Waals surface area contributed by atoms with E-state index in [4.69, 9.17) is 16.0 Å². The zero-order valence-corrected chi connectivity index (χ0v) is 15.9. The van der Waals surface area contributed by atoms with Gasteiger partial charge in [0.2, 0.25) is 5.78 Å². The summed E-state index contributed by atoms with van der Waals surface area (Å²) in [4.78, 5) is 27.6. The lowest BCUT2D eigenvalue weighted by Gasteiger charge is -2.26. The number of thiophene rings is 1. The number of aliphatic hydroxyl groups is 1. The Morgan fingerprint density at radius 1 is 1.21 bits per heavy atom. The number of carbonyl (C=O) groups excluding carboxylic acids is 2. The summed E-state index contributed by atoms with van der Waals surface area (Å²) in [7, 11) is 0. The van der Waals surface area contributed by atoms with Gasteiger partial charge in [-0.05, 0) is 41.3 Å². The molecular formula is C20H14ClNO5S. The fourth-order valence-electron chi connectivity index (χ4n) is 3.20. The third kappa shape index (κ3) is 3.08. The number of benzene rings is 1. The average molecular weight is 416 g/mol. The van der Waals surface area contributed by atoms with Crippen molar-refractivity contribution in [2.24, 2.45) is 0 Å². The Balaban J connectivity index is 1.83. The summed E-state index contributed by atoms with van der Waals surface area (Å²) < 4.78 is 5.33. The number of amides is 1. The van der Waals surface area contributed by atoms with Gasteiger partial charge < -0.3 is 19.5 Å². The molecule has 1 unspecified atom stereocenters. The van der Waals surface area contributed by atoms with Gasteiger partial charge in [0.25, 0.3) is 5.91 Å². The highest BCUT2D eigenvalue weighted by atomic mass is 35.5. The minimum absolute atomic E-state index is 0.0271. The normalized spacial score (nSPS) is 16.8. The first-order valence-electron chi connectivity index (χ1n) is 8.30. The number of halogens is 1. The van der Waals surface area contributed by atoms with Crippen LogP contribution in [0.25, 0.3) is 0 Å². The molecule has 8 heteroatoms. The second kappa shape index (κ2) is 7.18. The van der Waals surface area contributed by atoms with E-state index < -0.39 is 23.5 Å². The van der Waals surface area contributed by atoms with Gasteiger partial charge in [0.1, 0.15) is 11.5 Å². The molecule has 142 valence electrons. The van der Waals surface area contributed by atoms with Crippen LogP contribution in [-0.2, 0) is 11.3 Å². The Labute approximate surface area is 168 Å². The molecule has 1 aromatic carbocycles. The SMILES string of the molecule is O=C(C1=C(O)C(=O)N(Cc2ccco2)C1c1ccc(O)c(Cl)c1)c1cccs1. The maximum absolute atomic E-state index is 13.1. The molecule has 4 rings (SSSR count). The van der Waals surface area contributed by atoms with Crippen molar-refractivity contribution in [3.63, 3.8) is 0 Å². The van der Waals surface area contributed by atoms with Crippen molar-refractivity contribution in [2.75, 3.05) is 0 Å². The summed E-state index contributed by atoms with van der Waals surface area (Å²) in [6.45, 7) is 0.0558. The zero-order valence-electron chi connectivity index (χ0n) is 14.3. The summed E-state index contributed by atoms with van der Waals surface area (Å²) in [5, 5.41) is 22.1. The molecule has 3 heterocycles. The molecule has 6 nitrogen and oxygen atoms in total. The van der Waals surface area contributed by atoms with Gasteiger partial charge in [0.05, 0.1) is 34.3 Å². The fourth-order valence-corrected chi connectivity index (χ4v) is 4.07. The van der Waals surface area contributed by atoms with Crippen LogP contribution in [0.3, 0.4) is 0 Å². The van der Waals surface area contributed by atoms with Crippen LogP contribution in [0, 0.1) is 0 Å². The third-order valence-electron chi connectivity index (χ3n) is 4.49. The van der Waals surface area contributed by atoms with Crippen LogP contribution in [0.1, 0.15) is 27.0 Å².